The Hall–Kier alpha value is -1.62. The first-order valence-corrected chi connectivity index (χ1v) is 6.21. The normalized spacial score (nSPS) is 29.5. The molecule has 4 nitrogen and oxygen atoms in total. The minimum atomic E-state index is -1.60. The summed E-state index contributed by atoms with van der Waals surface area (Å²) in [5, 5.41) is 19.6. The minimum Gasteiger partial charge on any atom is -0.487 e. The number of hydrogen-bond acceptors (Lipinski definition) is 3. The number of hydrogen-bond donors (Lipinski definition) is 2. The van der Waals surface area contributed by atoms with Crippen molar-refractivity contribution in [1.29, 1.82) is 0 Å². The highest BCUT2D eigenvalue weighted by Crippen LogP contribution is 2.46. The maximum absolute atomic E-state index is 13.3. The first kappa shape index (κ1) is 13.8. The zero-order chi connectivity index (χ0) is 14.3. The van der Waals surface area contributed by atoms with E-state index < -0.39 is 29.4 Å². The summed E-state index contributed by atoms with van der Waals surface area (Å²) in [7, 11) is 0. The number of carboxylic acid groups (broad SMARTS) is 1. The molecule has 2 atom stereocenters. The number of rotatable bonds is 3. The molecule has 2 unspecified atom stereocenters. The van der Waals surface area contributed by atoms with Crippen molar-refractivity contribution >= 4 is 5.97 Å². The number of carboxylic acids is 1. The molecule has 0 aromatic heterocycles. The van der Waals surface area contributed by atoms with Crippen LogP contribution in [0.1, 0.15) is 38.7 Å². The third-order valence-electron chi connectivity index (χ3n) is 3.66. The maximum atomic E-state index is 13.3. The van der Waals surface area contributed by atoms with Crippen molar-refractivity contribution in [3.63, 3.8) is 0 Å². The van der Waals surface area contributed by atoms with E-state index in [-0.39, 0.29) is 12.0 Å². The van der Waals surface area contributed by atoms with E-state index in [0.29, 0.717) is 12.2 Å². The number of benzene rings is 1. The molecule has 0 fully saturated rings. The fraction of sp³-hybridized carbons (Fsp3) is 0.500. The fourth-order valence-corrected chi connectivity index (χ4v) is 2.58. The molecule has 0 aliphatic carbocycles. The van der Waals surface area contributed by atoms with Gasteiger partial charge in [0, 0.05) is 12.0 Å². The molecule has 5 heteroatoms. The van der Waals surface area contributed by atoms with Crippen LogP contribution in [0, 0.1) is 5.82 Å². The molecule has 0 saturated carbocycles. The molecule has 0 radical (unpaired) electrons. The molecule has 1 aromatic rings. The van der Waals surface area contributed by atoms with Gasteiger partial charge in [0.2, 0.25) is 0 Å². The van der Waals surface area contributed by atoms with Gasteiger partial charge in [0.05, 0.1) is 6.42 Å². The van der Waals surface area contributed by atoms with Crippen molar-refractivity contribution < 1.29 is 24.1 Å². The second-order valence-electron chi connectivity index (χ2n) is 5.32. The Morgan fingerprint density at radius 3 is 2.79 bits per heavy atom. The summed E-state index contributed by atoms with van der Waals surface area (Å²) >= 11 is 0. The van der Waals surface area contributed by atoms with Gasteiger partial charge < -0.3 is 14.9 Å². The lowest BCUT2D eigenvalue weighted by atomic mass is 9.77. The Morgan fingerprint density at radius 1 is 1.53 bits per heavy atom. The van der Waals surface area contributed by atoms with Gasteiger partial charge in [-0.2, -0.15) is 0 Å². The zero-order valence-corrected chi connectivity index (χ0v) is 10.9. The van der Waals surface area contributed by atoms with Gasteiger partial charge >= 0.3 is 5.97 Å². The van der Waals surface area contributed by atoms with E-state index in [2.05, 4.69) is 0 Å². The molecule has 1 aliphatic rings. The number of ether oxygens (including phenoxy) is 1. The average Bonchev–Trinajstić information content (AvgIpc) is 2.29. The molecule has 1 heterocycles. The van der Waals surface area contributed by atoms with Gasteiger partial charge in [-0.05, 0) is 31.5 Å². The van der Waals surface area contributed by atoms with E-state index in [0.717, 1.165) is 6.07 Å². The quantitative estimate of drug-likeness (QED) is 0.883. The highest BCUT2D eigenvalue weighted by atomic mass is 19.1. The highest BCUT2D eigenvalue weighted by Gasteiger charge is 2.46. The van der Waals surface area contributed by atoms with E-state index in [1.54, 1.807) is 0 Å². The van der Waals surface area contributed by atoms with Crippen LogP contribution in [0.4, 0.5) is 4.39 Å². The van der Waals surface area contributed by atoms with Crippen molar-refractivity contribution in [3.05, 3.63) is 29.6 Å². The van der Waals surface area contributed by atoms with Gasteiger partial charge in [-0.25, -0.2) is 4.39 Å². The molecule has 19 heavy (non-hydrogen) atoms. The summed E-state index contributed by atoms with van der Waals surface area (Å²) in [6, 6.07) is 3.82. The molecule has 2 rings (SSSR count). The lowest BCUT2D eigenvalue weighted by molar-refractivity contribution is -0.147. The van der Waals surface area contributed by atoms with E-state index in [1.807, 2.05) is 13.8 Å². The lowest BCUT2D eigenvalue weighted by Gasteiger charge is -2.43. The molecule has 2 N–H and O–H groups in total. The Labute approximate surface area is 110 Å². The Morgan fingerprint density at radius 2 is 2.21 bits per heavy atom. The number of aliphatic hydroxyl groups is 1. The monoisotopic (exact) mass is 268 g/mol. The summed E-state index contributed by atoms with van der Waals surface area (Å²) < 4.78 is 19.1. The third kappa shape index (κ3) is 2.56. The standard InChI is InChI=1S/C14H17FO4/c1-3-13(2)8-14(18,7-12(16)17)10-6-9(15)4-5-11(10)19-13/h4-6,18H,3,7-8H2,1-2H3,(H,16,17). The predicted molar refractivity (Wildman–Crippen MR) is 66.5 cm³/mol. The number of aliphatic carboxylic acids is 1. The number of carbonyl (C=O) groups is 1. The molecular weight excluding hydrogens is 251 g/mol. The average molecular weight is 268 g/mol. The molecule has 1 aliphatic heterocycles. The van der Waals surface area contributed by atoms with Crippen LogP contribution < -0.4 is 4.74 Å². The SMILES string of the molecule is CCC1(C)CC(O)(CC(=O)O)c2cc(F)ccc2O1. The second kappa shape index (κ2) is 4.49. The van der Waals surface area contributed by atoms with Crippen LogP contribution in [0.15, 0.2) is 18.2 Å². The second-order valence-corrected chi connectivity index (χ2v) is 5.32. The third-order valence-corrected chi connectivity index (χ3v) is 3.66. The first-order chi connectivity index (χ1) is 8.78. The Kier molecular flexibility index (Phi) is 3.26. The summed E-state index contributed by atoms with van der Waals surface area (Å²) in [5.41, 5.74) is -2.05. The van der Waals surface area contributed by atoms with Crippen molar-refractivity contribution in [1.82, 2.24) is 0 Å². The first-order valence-electron chi connectivity index (χ1n) is 6.21. The Balaban J connectivity index is 2.53. The summed E-state index contributed by atoms with van der Waals surface area (Å²) in [6.45, 7) is 3.71. The van der Waals surface area contributed by atoms with Crippen LogP contribution in [-0.2, 0) is 10.4 Å². The number of fused-ring (bicyclic) bond motifs is 1. The summed E-state index contributed by atoms with van der Waals surface area (Å²) in [6.07, 6.45) is 0.271. The van der Waals surface area contributed by atoms with Gasteiger partial charge in [-0.15, -0.1) is 0 Å². The lowest BCUT2D eigenvalue weighted by Crippen LogP contribution is -2.47. The van der Waals surface area contributed by atoms with Crippen LogP contribution in [0.25, 0.3) is 0 Å². The van der Waals surface area contributed by atoms with Crippen LogP contribution >= 0.6 is 0 Å². The van der Waals surface area contributed by atoms with Gasteiger partial charge in [-0.3, -0.25) is 4.79 Å². The minimum absolute atomic E-state index is 0.124. The molecule has 0 bridgehead atoms. The predicted octanol–water partition coefficient (Wildman–Crippen LogP) is 2.44. The molecule has 0 amide bonds. The molecule has 0 saturated heterocycles. The maximum Gasteiger partial charge on any atom is 0.306 e. The molecular formula is C14H17FO4. The van der Waals surface area contributed by atoms with Crippen LogP contribution in [0.5, 0.6) is 5.75 Å². The summed E-state index contributed by atoms with van der Waals surface area (Å²) in [4.78, 5) is 11.0. The smallest absolute Gasteiger partial charge is 0.306 e. The van der Waals surface area contributed by atoms with E-state index >= 15 is 0 Å². The largest absolute Gasteiger partial charge is 0.487 e. The molecule has 1 aromatic carbocycles. The van der Waals surface area contributed by atoms with E-state index in [4.69, 9.17) is 9.84 Å². The highest BCUT2D eigenvalue weighted by molar-refractivity contribution is 5.69. The fourth-order valence-electron chi connectivity index (χ4n) is 2.58. The van der Waals surface area contributed by atoms with Gasteiger partial charge in [0.1, 0.15) is 22.8 Å². The zero-order valence-electron chi connectivity index (χ0n) is 10.9. The Bertz CT molecular complexity index is 516. The van der Waals surface area contributed by atoms with Gasteiger partial charge in [0.25, 0.3) is 0 Å². The van der Waals surface area contributed by atoms with Crippen molar-refractivity contribution in [2.45, 2.75) is 44.3 Å². The topological polar surface area (TPSA) is 66.8 Å². The van der Waals surface area contributed by atoms with Crippen molar-refractivity contribution in [2.24, 2.45) is 0 Å². The molecule has 104 valence electrons. The van der Waals surface area contributed by atoms with E-state index in [1.165, 1.54) is 12.1 Å². The summed E-state index contributed by atoms with van der Waals surface area (Å²) in [5.74, 6) is -1.30. The van der Waals surface area contributed by atoms with Crippen LogP contribution in [-0.4, -0.2) is 21.8 Å². The van der Waals surface area contributed by atoms with Crippen molar-refractivity contribution in [2.75, 3.05) is 0 Å². The van der Waals surface area contributed by atoms with E-state index in [9.17, 15) is 14.3 Å². The molecule has 0 spiro atoms. The van der Waals surface area contributed by atoms with Gasteiger partial charge in [-0.1, -0.05) is 6.92 Å². The van der Waals surface area contributed by atoms with Gasteiger partial charge in [0.15, 0.2) is 0 Å². The number of halogens is 1. The van der Waals surface area contributed by atoms with Crippen LogP contribution in [0.3, 0.4) is 0 Å². The van der Waals surface area contributed by atoms with Crippen molar-refractivity contribution in [3.8, 4) is 5.75 Å². The van der Waals surface area contributed by atoms with Crippen LogP contribution in [0.2, 0.25) is 0 Å².